The molecule has 2 N–H and O–H groups in total. The third kappa shape index (κ3) is 3.12. The predicted octanol–water partition coefficient (Wildman–Crippen LogP) is 2.80. The van der Waals surface area contributed by atoms with E-state index in [4.69, 9.17) is 11.6 Å². The first-order valence-electron chi connectivity index (χ1n) is 6.60. The van der Waals surface area contributed by atoms with E-state index in [0.29, 0.717) is 5.15 Å². The van der Waals surface area contributed by atoms with Crippen molar-refractivity contribution in [3.63, 3.8) is 0 Å². The first-order chi connectivity index (χ1) is 8.67. The lowest BCUT2D eigenvalue weighted by Gasteiger charge is -2.37. The summed E-state index contributed by atoms with van der Waals surface area (Å²) < 4.78 is 0. The van der Waals surface area contributed by atoms with E-state index in [1.807, 2.05) is 6.92 Å². The highest BCUT2D eigenvalue weighted by Gasteiger charge is 2.31. The molecule has 1 fully saturated rings. The summed E-state index contributed by atoms with van der Waals surface area (Å²) in [4.78, 5) is 8.57. The SMILES string of the molecule is CCc1nc(Cl)cc(NC2(CO)CCCCC2)n1. The van der Waals surface area contributed by atoms with Gasteiger partial charge in [-0.15, -0.1) is 0 Å². The van der Waals surface area contributed by atoms with Crippen LogP contribution in [-0.2, 0) is 6.42 Å². The summed E-state index contributed by atoms with van der Waals surface area (Å²) in [6.07, 6.45) is 6.24. The van der Waals surface area contributed by atoms with E-state index in [1.165, 1.54) is 6.42 Å². The molecule has 0 spiro atoms. The zero-order chi connectivity index (χ0) is 13.0. The number of aryl methyl sites for hydroxylation is 1. The fourth-order valence-corrected chi connectivity index (χ4v) is 2.71. The molecule has 1 aliphatic rings. The number of aliphatic hydroxyl groups excluding tert-OH is 1. The Kier molecular flexibility index (Phi) is 4.40. The summed E-state index contributed by atoms with van der Waals surface area (Å²) >= 11 is 5.98. The number of nitrogens with one attached hydrogen (secondary N) is 1. The van der Waals surface area contributed by atoms with Crippen LogP contribution in [0.1, 0.15) is 44.9 Å². The van der Waals surface area contributed by atoms with Crippen LogP contribution in [0.3, 0.4) is 0 Å². The van der Waals surface area contributed by atoms with Gasteiger partial charge in [-0.05, 0) is 12.8 Å². The second kappa shape index (κ2) is 5.85. The number of halogens is 1. The average molecular weight is 270 g/mol. The number of nitrogens with zero attached hydrogens (tertiary/aromatic N) is 2. The molecular formula is C13H20ClN3O. The Morgan fingerprint density at radius 3 is 2.67 bits per heavy atom. The van der Waals surface area contributed by atoms with Gasteiger partial charge in [0.05, 0.1) is 12.1 Å². The highest BCUT2D eigenvalue weighted by atomic mass is 35.5. The Morgan fingerprint density at radius 2 is 2.06 bits per heavy atom. The van der Waals surface area contributed by atoms with E-state index < -0.39 is 0 Å². The normalized spacial score (nSPS) is 18.6. The Balaban J connectivity index is 2.18. The van der Waals surface area contributed by atoms with Crippen LogP contribution in [0.2, 0.25) is 5.15 Å². The molecule has 100 valence electrons. The summed E-state index contributed by atoms with van der Waals surface area (Å²) in [6.45, 7) is 2.13. The molecule has 1 saturated carbocycles. The van der Waals surface area contributed by atoms with E-state index in [0.717, 1.165) is 43.7 Å². The molecule has 0 aromatic carbocycles. The number of hydrogen-bond acceptors (Lipinski definition) is 4. The zero-order valence-corrected chi connectivity index (χ0v) is 11.5. The predicted molar refractivity (Wildman–Crippen MR) is 72.9 cm³/mol. The maximum absolute atomic E-state index is 9.66. The lowest BCUT2D eigenvalue weighted by Crippen LogP contribution is -2.44. The van der Waals surface area contributed by atoms with Crippen LogP contribution < -0.4 is 5.32 Å². The Labute approximate surface area is 113 Å². The lowest BCUT2D eigenvalue weighted by molar-refractivity contribution is 0.172. The van der Waals surface area contributed by atoms with Crippen molar-refractivity contribution in [3.05, 3.63) is 17.0 Å². The third-order valence-corrected chi connectivity index (χ3v) is 3.76. The fraction of sp³-hybridized carbons (Fsp3) is 0.692. The number of hydrogen-bond donors (Lipinski definition) is 2. The largest absolute Gasteiger partial charge is 0.394 e. The second-order valence-corrected chi connectivity index (χ2v) is 5.36. The van der Waals surface area contributed by atoms with E-state index in [-0.39, 0.29) is 12.1 Å². The van der Waals surface area contributed by atoms with Gasteiger partial charge >= 0.3 is 0 Å². The van der Waals surface area contributed by atoms with Gasteiger partial charge in [0.25, 0.3) is 0 Å². The number of aliphatic hydroxyl groups is 1. The van der Waals surface area contributed by atoms with Gasteiger partial charge in [0, 0.05) is 12.5 Å². The maximum Gasteiger partial charge on any atom is 0.134 e. The highest BCUT2D eigenvalue weighted by Crippen LogP contribution is 2.31. The Hall–Kier alpha value is -0.870. The van der Waals surface area contributed by atoms with Crippen LogP contribution in [0.15, 0.2) is 6.07 Å². The molecule has 2 rings (SSSR count). The average Bonchev–Trinajstić information content (AvgIpc) is 2.39. The number of anilines is 1. The summed E-state index contributed by atoms with van der Waals surface area (Å²) in [6, 6.07) is 1.73. The Bertz CT molecular complexity index is 405. The molecule has 1 aromatic rings. The molecule has 0 aliphatic heterocycles. The van der Waals surface area contributed by atoms with Gasteiger partial charge in [-0.3, -0.25) is 0 Å². The van der Waals surface area contributed by atoms with Crippen molar-refractivity contribution < 1.29 is 5.11 Å². The summed E-state index contributed by atoms with van der Waals surface area (Å²) in [5, 5.41) is 13.5. The summed E-state index contributed by atoms with van der Waals surface area (Å²) in [5.41, 5.74) is -0.235. The zero-order valence-electron chi connectivity index (χ0n) is 10.7. The molecule has 1 aliphatic carbocycles. The van der Waals surface area contributed by atoms with E-state index in [9.17, 15) is 5.11 Å². The van der Waals surface area contributed by atoms with Crippen LogP contribution in [0.4, 0.5) is 5.82 Å². The first kappa shape index (κ1) is 13.6. The van der Waals surface area contributed by atoms with Gasteiger partial charge < -0.3 is 10.4 Å². The quantitative estimate of drug-likeness (QED) is 0.826. The van der Waals surface area contributed by atoms with Crippen molar-refractivity contribution in [1.82, 2.24) is 9.97 Å². The van der Waals surface area contributed by atoms with Crippen molar-refractivity contribution in [2.24, 2.45) is 0 Å². The van der Waals surface area contributed by atoms with Gasteiger partial charge in [0.15, 0.2) is 0 Å². The third-order valence-electron chi connectivity index (χ3n) is 3.56. The topological polar surface area (TPSA) is 58.0 Å². The number of rotatable bonds is 4. The molecule has 1 aromatic heterocycles. The highest BCUT2D eigenvalue weighted by molar-refractivity contribution is 6.29. The molecule has 0 radical (unpaired) electrons. The molecule has 0 saturated heterocycles. The van der Waals surface area contributed by atoms with Gasteiger partial charge in [-0.1, -0.05) is 37.8 Å². The van der Waals surface area contributed by atoms with Crippen molar-refractivity contribution in [2.75, 3.05) is 11.9 Å². The van der Waals surface area contributed by atoms with Crippen LogP contribution in [-0.4, -0.2) is 27.2 Å². The van der Waals surface area contributed by atoms with Crippen LogP contribution in [0, 0.1) is 0 Å². The molecule has 0 amide bonds. The van der Waals surface area contributed by atoms with Crippen molar-refractivity contribution in [3.8, 4) is 0 Å². The molecule has 1 heterocycles. The molecular weight excluding hydrogens is 250 g/mol. The number of aromatic nitrogens is 2. The Morgan fingerprint density at radius 1 is 1.33 bits per heavy atom. The second-order valence-electron chi connectivity index (χ2n) is 4.97. The summed E-state index contributed by atoms with van der Waals surface area (Å²) in [5.74, 6) is 1.46. The smallest absolute Gasteiger partial charge is 0.134 e. The summed E-state index contributed by atoms with van der Waals surface area (Å²) in [7, 11) is 0. The van der Waals surface area contributed by atoms with Gasteiger partial charge in [-0.25, -0.2) is 9.97 Å². The minimum atomic E-state index is -0.235. The van der Waals surface area contributed by atoms with Gasteiger partial charge in [-0.2, -0.15) is 0 Å². The van der Waals surface area contributed by atoms with Crippen molar-refractivity contribution >= 4 is 17.4 Å². The molecule has 0 unspecified atom stereocenters. The molecule has 0 atom stereocenters. The van der Waals surface area contributed by atoms with Crippen molar-refractivity contribution in [2.45, 2.75) is 51.0 Å². The first-order valence-corrected chi connectivity index (χ1v) is 6.98. The van der Waals surface area contributed by atoms with E-state index in [2.05, 4.69) is 15.3 Å². The molecule has 18 heavy (non-hydrogen) atoms. The lowest BCUT2D eigenvalue weighted by atomic mass is 9.82. The van der Waals surface area contributed by atoms with Crippen molar-refractivity contribution in [1.29, 1.82) is 0 Å². The van der Waals surface area contributed by atoms with Crippen LogP contribution in [0.5, 0.6) is 0 Å². The van der Waals surface area contributed by atoms with E-state index in [1.54, 1.807) is 6.07 Å². The van der Waals surface area contributed by atoms with Gasteiger partial charge in [0.1, 0.15) is 16.8 Å². The molecule has 0 bridgehead atoms. The maximum atomic E-state index is 9.66. The fourth-order valence-electron chi connectivity index (χ4n) is 2.51. The van der Waals surface area contributed by atoms with Gasteiger partial charge in [0.2, 0.25) is 0 Å². The minimum Gasteiger partial charge on any atom is -0.394 e. The molecule has 4 nitrogen and oxygen atoms in total. The standard InChI is InChI=1S/C13H20ClN3O/c1-2-11-15-10(14)8-12(16-11)17-13(9-18)6-4-3-5-7-13/h8,18H,2-7,9H2,1H3,(H,15,16,17). The van der Waals surface area contributed by atoms with Crippen LogP contribution >= 0.6 is 11.6 Å². The minimum absolute atomic E-state index is 0.135. The van der Waals surface area contributed by atoms with E-state index >= 15 is 0 Å². The van der Waals surface area contributed by atoms with Crippen LogP contribution in [0.25, 0.3) is 0 Å². The molecule has 5 heteroatoms. The monoisotopic (exact) mass is 269 g/mol.